The van der Waals surface area contributed by atoms with Crippen LogP contribution in [0.2, 0.25) is 0 Å². The van der Waals surface area contributed by atoms with Crippen molar-refractivity contribution in [2.24, 2.45) is 0 Å². The van der Waals surface area contributed by atoms with Crippen LogP contribution in [0.1, 0.15) is 52.8 Å². The van der Waals surface area contributed by atoms with E-state index in [0.29, 0.717) is 18.1 Å². The number of furan rings is 1. The smallest absolute Gasteiger partial charge is 0.244 e. The number of benzene rings is 1. The first kappa shape index (κ1) is 20.8. The van der Waals surface area contributed by atoms with Crippen LogP contribution in [0, 0.1) is 13.8 Å². The number of carbonyl (C=O) groups is 1. The number of ether oxygens (including phenoxy) is 2. The number of hydrogen-bond acceptors (Lipinski definition) is 6. The quantitative estimate of drug-likeness (QED) is 0.557. The highest BCUT2D eigenvalue weighted by atomic mass is 16.5. The molecule has 0 fully saturated rings. The minimum atomic E-state index is -0.142. The van der Waals surface area contributed by atoms with E-state index in [1.807, 2.05) is 38.1 Å². The van der Waals surface area contributed by atoms with Crippen molar-refractivity contribution >= 4 is 12.0 Å². The van der Waals surface area contributed by atoms with Crippen LogP contribution in [0.15, 0.2) is 45.5 Å². The summed E-state index contributed by atoms with van der Waals surface area (Å²) in [5.41, 5.74) is 3.65. The van der Waals surface area contributed by atoms with E-state index in [1.165, 1.54) is 6.08 Å². The van der Waals surface area contributed by atoms with Crippen LogP contribution in [-0.4, -0.2) is 18.2 Å². The first-order chi connectivity index (χ1) is 15.0. The summed E-state index contributed by atoms with van der Waals surface area (Å²) >= 11 is 0. The minimum absolute atomic E-state index is 0.00529. The van der Waals surface area contributed by atoms with Crippen molar-refractivity contribution in [3.8, 4) is 11.5 Å². The lowest BCUT2D eigenvalue weighted by atomic mass is 9.93. The van der Waals surface area contributed by atoms with Crippen molar-refractivity contribution in [3.63, 3.8) is 0 Å². The van der Waals surface area contributed by atoms with Gasteiger partial charge in [-0.15, -0.1) is 0 Å². The molecular weight excluding hydrogens is 396 g/mol. The fraction of sp³-hybridized carbons (Fsp3) is 0.333. The topological polar surface area (TPSA) is 86.7 Å². The standard InChI is InChI=1S/C24H26N2O5/c1-15-19(16(2)31-26-15)14-30-22-9-7-17(13-23(22)28-3)8-10-24(27)25-20-5-4-6-21-18(20)11-12-29-21/h7-13,20H,4-6,14H2,1-3H3,(H,25,27)/b10-8+. The van der Waals surface area contributed by atoms with Gasteiger partial charge in [-0.2, -0.15) is 0 Å². The molecule has 2 heterocycles. The molecule has 0 spiro atoms. The van der Waals surface area contributed by atoms with Gasteiger partial charge in [-0.25, -0.2) is 0 Å². The molecule has 1 unspecified atom stereocenters. The molecule has 0 bridgehead atoms. The van der Waals surface area contributed by atoms with Crippen LogP contribution in [-0.2, 0) is 17.8 Å². The van der Waals surface area contributed by atoms with Crippen LogP contribution in [0.25, 0.3) is 6.08 Å². The second-order valence-electron chi connectivity index (χ2n) is 7.59. The zero-order valence-corrected chi connectivity index (χ0v) is 17.9. The van der Waals surface area contributed by atoms with Crippen molar-refractivity contribution in [3.05, 3.63) is 70.5 Å². The molecule has 1 aromatic carbocycles. The van der Waals surface area contributed by atoms with E-state index in [9.17, 15) is 4.79 Å². The number of rotatable bonds is 7. The van der Waals surface area contributed by atoms with Crippen LogP contribution >= 0.6 is 0 Å². The number of amides is 1. The zero-order valence-electron chi connectivity index (χ0n) is 17.9. The van der Waals surface area contributed by atoms with E-state index in [-0.39, 0.29) is 11.9 Å². The first-order valence-electron chi connectivity index (χ1n) is 10.3. The fourth-order valence-corrected chi connectivity index (χ4v) is 3.79. The van der Waals surface area contributed by atoms with Crippen molar-refractivity contribution in [1.82, 2.24) is 10.5 Å². The monoisotopic (exact) mass is 422 g/mol. The molecule has 1 atom stereocenters. The molecule has 0 aliphatic heterocycles. The fourth-order valence-electron chi connectivity index (χ4n) is 3.79. The Balaban J connectivity index is 1.39. The Labute approximate surface area is 181 Å². The van der Waals surface area contributed by atoms with Gasteiger partial charge >= 0.3 is 0 Å². The molecule has 1 N–H and O–H groups in total. The van der Waals surface area contributed by atoms with Crippen molar-refractivity contribution in [1.29, 1.82) is 0 Å². The normalized spacial score (nSPS) is 15.6. The molecule has 0 saturated heterocycles. The van der Waals surface area contributed by atoms with Gasteiger partial charge in [-0.3, -0.25) is 4.79 Å². The third-order valence-electron chi connectivity index (χ3n) is 5.54. The van der Waals surface area contributed by atoms with E-state index in [2.05, 4.69) is 10.5 Å². The maximum Gasteiger partial charge on any atom is 0.244 e. The lowest BCUT2D eigenvalue weighted by molar-refractivity contribution is -0.117. The minimum Gasteiger partial charge on any atom is -0.493 e. The molecule has 1 aliphatic carbocycles. The predicted molar refractivity (Wildman–Crippen MR) is 115 cm³/mol. The summed E-state index contributed by atoms with van der Waals surface area (Å²) in [6, 6.07) is 7.47. The summed E-state index contributed by atoms with van der Waals surface area (Å²) in [5.74, 6) is 2.76. The van der Waals surface area contributed by atoms with Gasteiger partial charge in [0, 0.05) is 18.1 Å². The second-order valence-corrected chi connectivity index (χ2v) is 7.59. The lowest BCUT2D eigenvalue weighted by Gasteiger charge is -2.22. The van der Waals surface area contributed by atoms with Gasteiger partial charge in [0.25, 0.3) is 0 Å². The highest BCUT2D eigenvalue weighted by Gasteiger charge is 2.23. The molecule has 1 aliphatic rings. The van der Waals surface area contributed by atoms with Crippen LogP contribution in [0.4, 0.5) is 0 Å². The van der Waals surface area contributed by atoms with Crippen LogP contribution in [0.5, 0.6) is 11.5 Å². The molecule has 0 saturated carbocycles. The molecule has 162 valence electrons. The van der Waals surface area contributed by atoms with Crippen LogP contribution < -0.4 is 14.8 Å². The Morgan fingerprint density at radius 3 is 2.94 bits per heavy atom. The third-order valence-corrected chi connectivity index (χ3v) is 5.54. The molecule has 4 rings (SSSR count). The Bertz CT molecular complexity index is 1080. The number of hydrogen-bond donors (Lipinski definition) is 1. The highest BCUT2D eigenvalue weighted by molar-refractivity contribution is 5.92. The first-order valence-corrected chi connectivity index (χ1v) is 10.3. The van der Waals surface area contributed by atoms with E-state index in [1.54, 1.807) is 19.4 Å². The van der Waals surface area contributed by atoms with Crippen molar-refractivity contribution < 1.29 is 23.2 Å². The lowest BCUT2D eigenvalue weighted by Crippen LogP contribution is -2.28. The molecule has 31 heavy (non-hydrogen) atoms. The SMILES string of the molecule is COc1cc(/C=C/C(=O)NC2CCCc3occc32)ccc1OCc1c(C)noc1C. The summed E-state index contributed by atoms with van der Waals surface area (Å²) < 4.78 is 22.0. The summed E-state index contributed by atoms with van der Waals surface area (Å²) in [4.78, 5) is 12.4. The Hall–Kier alpha value is -3.48. The van der Waals surface area contributed by atoms with Gasteiger partial charge in [0.1, 0.15) is 18.1 Å². The van der Waals surface area contributed by atoms with Crippen LogP contribution in [0.3, 0.4) is 0 Å². The molecule has 0 radical (unpaired) electrons. The summed E-state index contributed by atoms with van der Waals surface area (Å²) in [6.07, 6.45) is 7.82. The number of aromatic nitrogens is 1. The van der Waals surface area contributed by atoms with Gasteiger partial charge in [-0.1, -0.05) is 11.2 Å². The molecule has 2 aromatic heterocycles. The van der Waals surface area contributed by atoms with Gasteiger partial charge in [0.2, 0.25) is 5.91 Å². The average molecular weight is 422 g/mol. The molecular formula is C24H26N2O5. The molecule has 3 aromatic rings. The van der Waals surface area contributed by atoms with E-state index >= 15 is 0 Å². The average Bonchev–Trinajstić information content (AvgIpc) is 3.38. The maximum atomic E-state index is 12.4. The number of aryl methyl sites for hydroxylation is 3. The second kappa shape index (κ2) is 9.12. The number of methoxy groups -OCH3 is 1. The van der Waals surface area contributed by atoms with Crippen molar-refractivity contribution in [2.45, 2.75) is 45.8 Å². The van der Waals surface area contributed by atoms with Gasteiger partial charge in [0.05, 0.1) is 30.7 Å². The summed E-state index contributed by atoms with van der Waals surface area (Å²) in [6.45, 7) is 4.08. The Kier molecular flexibility index (Phi) is 6.11. The number of carbonyl (C=O) groups excluding carboxylic acids is 1. The van der Waals surface area contributed by atoms with Gasteiger partial charge in [0.15, 0.2) is 11.5 Å². The number of nitrogens with one attached hydrogen (secondary N) is 1. The third kappa shape index (κ3) is 4.66. The maximum absolute atomic E-state index is 12.4. The van der Waals surface area contributed by atoms with Gasteiger partial charge in [-0.05, 0) is 56.5 Å². The van der Waals surface area contributed by atoms with E-state index in [4.69, 9.17) is 18.4 Å². The molecule has 7 nitrogen and oxygen atoms in total. The largest absolute Gasteiger partial charge is 0.493 e. The summed E-state index contributed by atoms with van der Waals surface area (Å²) in [7, 11) is 1.59. The number of nitrogens with zero attached hydrogens (tertiary/aromatic N) is 1. The van der Waals surface area contributed by atoms with E-state index in [0.717, 1.165) is 53.2 Å². The van der Waals surface area contributed by atoms with Gasteiger partial charge < -0.3 is 23.7 Å². The molecule has 7 heteroatoms. The Morgan fingerprint density at radius 2 is 2.16 bits per heavy atom. The predicted octanol–water partition coefficient (Wildman–Crippen LogP) is 4.68. The highest BCUT2D eigenvalue weighted by Crippen LogP contribution is 2.31. The van der Waals surface area contributed by atoms with E-state index < -0.39 is 0 Å². The van der Waals surface area contributed by atoms with Crippen molar-refractivity contribution in [2.75, 3.05) is 7.11 Å². The summed E-state index contributed by atoms with van der Waals surface area (Å²) in [5, 5.41) is 7.00. The molecule has 1 amide bonds. The Morgan fingerprint density at radius 1 is 1.29 bits per heavy atom. The zero-order chi connectivity index (χ0) is 21.8. The number of fused-ring (bicyclic) bond motifs is 1.